The summed E-state index contributed by atoms with van der Waals surface area (Å²) in [7, 11) is 0. The van der Waals surface area contributed by atoms with Crippen LogP contribution in [-0.4, -0.2) is 60.6 Å². The Hall–Kier alpha value is -1.57. The van der Waals surface area contributed by atoms with Crippen molar-refractivity contribution in [2.24, 2.45) is 0 Å². The maximum absolute atomic E-state index is 11.3. The summed E-state index contributed by atoms with van der Waals surface area (Å²) in [6, 6.07) is 0. The first kappa shape index (κ1) is 38.7. The van der Waals surface area contributed by atoms with Crippen molar-refractivity contribution < 1.29 is 72.4 Å². The van der Waals surface area contributed by atoms with E-state index in [2.05, 4.69) is 13.8 Å². The molecule has 0 spiro atoms. The Bertz CT molecular complexity index is 560. The number of alkyl halides is 6. The van der Waals surface area contributed by atoms with Crippen molar-refractivity contribution in [1.29, 1.82) is 0 Å². The molecular weight excluding hydrogens is 509 g/mol. The second kappa shape index (κ2) is 22.2. The number of halogens is 6. The minimum atomic E-state index is -4.88. The van der Waals surface area contributed by atoms with Crippen LogP contribution in [0.4, 0.5) is 26.3 Å². The molecule has 0 rings (SSSR count). The van der Waals surface area contributed by atoms with Crippen LogP contribution in [0.5, 0.6) is 0 Å². The number of hydrogen-bond donors (Lipinski definition) is 2. The number of ether oxygens (including phenoxy) is 2. The van der Waals surface area contributed by atoms with Crippen LogP contribution in [0.3, 0.4) is 0 Å². The molecule has 0 saturated carbocycles. The van der Waals surface area contributed by atoms with Gasteiger partial charge in [-0.05, 0) is 26.7 Å². The van der Waals surface area contributed by atoms with Crippen LogP contribution in [0.25, 0.3) is 0 Å². The zero-order valence-corrected chi connectivity index (χ0v) is 20.0. The minimum absolute atomic E-state index is 0. The van der Waals surface area contributed by atoms with E-state index in [9.17, 15) is 35.9 Å². The summed E-state index contributed by atoms with van der Waals surface area (Å²) in [5.41, 5.74) is 0. The van der Waals surface area contributed by atoms with Crippen LogP contribution in [0.2, 0.25) is 0 Å². The predicted octanol–water partition coefficient (Wildman–Crippen LogP) is 5.78. The summed E-state index contributed by atoms with van der Waals surface area (Å²) >= 11 is 0. The molecule has 199 valence electrons. The third-order valence-corrected chi connectivity index (χ3v) is 2.91. The SMILES string of the molecule is C/C(O)=C/C(=O)C(F)(F)F.CC(=O)/C=C(\O)C(F)(F)F.CCCCOCCOCCCC.[Co]. The van der Waals surface area contributed by atoms with Crippen molar-refractivity contribution in [1.82, 2.24) is 0 Å². The molecule has 0 amide bonds. The number of aliphatic hydroxyl groups is 2. The van der Waals surface area contributed by atoms with Crippen molar-refractivity contribution in [2.75, 3.05) is 26.4 Å². The van der Waals surface area contributed by atoms with Gasteiger partial charge in [-0.15, -0.1) is 0 Å². The van der Waals surface area contributed by atoms with Gasteiger partial charge < -0.3 is 19.7 Å². The summed E-state index contributed by atoms with van der Waals surface area (Å²) in [5.74, 6) is -5.40. The molecule has 0 fully saturated rings. The van der Waals surface area contributed by atoms with E-state index in [4.69, 9.17) is 19.7 Å². The van der Waals surface area contributed by atoms with Gasteiger partial charge in [-0.25, -0.2) is 0 Å². The van der Waals surface area contributed by atoms with E-state index < -0.39 is 35.4 Å². The van der Waals surface area contributed by atoms with Crippen LogP contribution >= 0.6 is 0 Å². The van der Waals surface area contributed by atoms with Crippen molar-refractivity contribution >= 4 is 11.6 Å². The van der Waals surface area contributed by atoms with Gasteiger partial charge in [0.2, 0.25) is 5.76 Å². The second-order valence-electron chi connectivity index (χ2n) is 6.22. The van der Waals surface area contributed by atoms with E-state index in [1.165, 1.54) is 12.8 Å². The molecule has 0 aliphatic heterocycles. The van der Waals surface area contributed by atoms with Gasteiger partial charge in [-0.1, -0.05) is 26.7 Å². The van der Waals surface area contributed by atoms with Crippen LogP contribution in [0.15, 0.2) is 23.7 Å². The number of aliphatic hydroxyl groups excluding tert-OH is 2. The van der Waals surface area contributed by atoms with Crippen molar-refractivity contribution in [3.8, 4) is 0 Å². The number of carbonyl (C=O) groups excluding carboxylic acids is 2. The second-order valence-corrected chi connectivity index (χ2v) is 6.22. The van der Waals surface area contributed by atoms with Crippen molar-refractivity contribution in [3.63, 3.8) is 0 Å². The number of rotatable bonds is 11. The molecule has 0 heterocycles. The quantitative estimate of drug-likeness (QED) is 0.149. The summed E-state index contributed by atoms with van der Waals surface area (Å²) in [6.45, 7) is 9.52. The largest absolute Gasteiger partial charge is 0.512 e. The van der Waals surface area contributed by atoms with E-state index >= 15 is 0 Å². The Kier molecular flexibility index (Phi) is 26.1. The van der Waals surface area contributed by atoms with Gasteiger partial charge in [0.25, 0.3) is 5.78 Å². The van der Waals surface area contributed by atoms with Gasteiger partial charge in [0.05, 0.1) is 19.0 Å². The van der Waals surface area contributed by atoms with E-state index in [1.54, 1.807) is 0 Å². The average Bonchev–Trinajstić information content (AvgIpc) is 2.62. The fraction of sp³-hybridized carbons (Fsp3) is 0.700. The normalized spacial score (nSPS) is 11.9. The Labute approximate surface area is 200 Å². The van der Waals surface area contributed by atoms with E-state index in [0.717, 1.165) is 53.1 Å². The van der Waals surface area contributed by atoms with E-state index in [0.29, 0.717) is 0 Å². The molecule has 1 radical (unpaired) electrons. The first-order valence-corrected chi connectivity index (χ1v) is 9.71. The molecular formula is C20H32CoF6O6. The summed E-state index contributed by atoms with van der Waals surface area (Å²) in [4.78, 5) is 19.9. The average molecular weight is 541 g/mol. The number of allylic oxidation sites excluding steroid dienone is 4. The van der Waals surface area contributed by atoms with Gasteiger partial charge >= 0.3 is 12.4 Å². The monoisotopic (exact) mass is 541 g/mol. The van der Waals surface area contributed by atoms with Gasteiger partial charge in [0.15, 0.2) is 5.78 Å². The maximum Gasteiger partial charge on any atom is 0.454 e. The smallest absolute Gasteiger partial charge is 0.454 e. The Morgan fingerprint density at radius 3 is 1.33 bits per heavy atom. The van der Waals surface area contributed by atoms with Gasteiger partial charge in [-0.3, -0.25) is 9.59 Å². The minimum Gasteiger partial charge on any atom is -0.512 e. The number of unbranched alkanes of at least 4 members (excludes halogenated alkanes) is 2. The summed E-state index contributed by atoms with van der Waals surface area (Å²) in [6.07, 6.45) is -4.72. The third kappa shape index (κ3) is 32.7. The number of carbonyl (C=O) groups is 2. The van der Waals surface area contributed by atoms with Gasteiger partial charge in [-0.2, -0.15) is 26.3 Å². The molecule has 0 bridgehead atoms. The molecule has 0 aliphatic carbocycles. The van der Waals surface area contributed by atoms with Crippen molar-refractivity contribution in [2.45, 2.75) is 65.7 Å². The van der Waals surface area contributed by atoms with Crippen LogP contribution in [-0.2, 0) is 35.8 Å². The molecule has 0 aliphatic rings. The first-order chi connectivity index (χ1) is 14.6. The van der Waals surface area contributed by atoms with Crippen LogP contribution < -0.4 is 0 Å². The van der Waals surface area contributed by atoms with Crippen LogP contribution in [0.1, 0.15) is 53.4 Å². The molecule has 0 aromatic heterocycles. The molecule has 0 saturated heterocycles. The van der Waals surface area contributed by atoms with Gasteiger partial charge in [0, 0.05) is 42.1 Å². The first-order valence-electron chi connectivity index (χ1n) is 9.71. The molecule has 0 aromatic rings. The van der Waals surface area contributed by atoms with Crippen LogP contribution in [0, 0.1) is 0 Å². The predicted molar refractivity (Wildman–Crippen MR) is 106 cm³/mol. The molecule has 6 nitrogen and oxygen atoms in total. The Morgan fingerprint density at radius 1 is 0.758 bits per heavy atom. The topological polar surface area (TPSA) is 93.1 Å². The van der Waals surface area contributed by atoms with Crippen molar-refractivity contribution in [3.05, 3.63) is 23.7 Å². The zero-order chi connectivity index (χ0) is 25.8. The number of ketones is 2. The summed E-state index contributed by atoms with van der Waals surface area (Å²) in [5, 5.41) is 16.3. The molecule has 33 heavy (non-hydrogen) atoms. The molecule has 13 heteroatoms. The maximum atomic E-state index is 11.3. The summed E-state index contributed by atoms with van der Waals surface area (Å²) < 4.78 is 78.6. The Morgan fingerprint density at radius 2 is 1.15 bits per heavy atom. The molecule has 2 N–H and O–H groups in total. The fourth-order valence-electron chi connectivity index (χ4n) is 1.36. The Balaban J connectivity index is -0.000000189. The fourth-order valence-corrected chi connectivity index (χ4v) is 1.36. The zero-order valence-electron chi connectivity index (χ0n) is 18.9. The third-order valence-electron chi connectivity index (χ3n) is 2.91. The molecule has 0 aromatic carbocycles. The molecule has 0 unspecified atom stereocenters. The number of hydrogen-bond acceptors (Lipinski definition) is 6. The van der Waals surface area contributed by atoms with E-state index in [1.807, 2.05) is 0 Å². The van der Waals surface area contributed by atoms with Gasteiger partial charge in [0.1, 0.15) is 0 Å². The standard InChI is InChI=1S/C10H22O2.2C5H5F3O2.Co/c1-3-5-7-11-9-10-12-8-6-4-2;2*1-3(9)2-4(10)5(6,7)8;/h3-10H2,1-2H3;2,10H,1H3;2,9H,1H3;/b;4-2-;3-2-;. The molecule has 0 atom stereocenters. The van der Waals surface area contributed by atoms with E-state index in [-0.39, 0.29) is 28.9 Å².